The van der Waals surface area contributed by atoms with Crippen LogP contribution in [0.1, 0.15) is 53.0 Å². The van der Waals surface area contributed by atoms with Gasteiger partial charge in [0.25, 0.3) is 0 Å². The van der Waals surface area contributed by atoms with E-state index in [0.29, 0.717) is 6.42 Å². The van der Waals surface area contributed by atoms with Gasteiger partial charge in [-0.2, -0.15) is 0 Å². The van der Waals surface area contributed by atoms with Crippen LogP contribution < -0.4 is 10.6 Å². The number of hydrogen-bond acceptors (Lipinski definition) is 4. The van der Waals surface area contributed by atoms with Gasteiger partial charge < -0.3 is 15.4 Å². The molecule has 0 aromatic heterocycles. The molecule has 6 heteroatoms. The van der Waals surface area contributed by atoms with Crippen molar-refractivity contribution in [3.8, 4) is 0 Å². The van der Waals surface area contributed by atoms with Crippen LogP contribution in [0.4, 0.5) is 4.79 Å². The molecule has 0 radical (unpaired) electrons. The van der Waals surface area contributed by atoms with Crippen LogP contribution in [-0.4, -0.2) is 54.2 Å². The average molecular weight is 416 g/mol. The number of amides is 2. The van der Waals surface area contributed by atoms with Crippen molar-refractivity contribution in [2.75, 3.05) is 19.6 Å². The number of allylic oxidation sites excluding steroid dienone is 1. The minimum absolute atomic E-state index is 0.124. The molecular weight excluding hydrogens is 378 g/mol. The Labute approximate surface area is 181 Å². The van der Waals surface area contributed by atoms with Crippen molar-refractivity contribution in [2.24, 2.45) is 0 Å². The summed E-state index contributed by atoms with van der Waals surface area (Å²) in [6.45, 7) is 12.5. The molecular formula is C24H37N3O3. The first kappa shape index (κ1) is 23.9. The Hall–Kier alpha value is -2.34. The van der Waals surface area contributed by atoms with Crippen LogP contribution in [-0.2, 0) is 16.0 Å². The van der Waals surface area contributed by atoms with Crippen molar-refractivity contribution in [1.82, 2.24) is 15.5 Å². The van der Waals surface area contributed by atoms with Gasteiger partial charge in [-0.25, -0.2) is 4.79 Å². The monoisotopic (exact) mass is 415 g/mol. The molecule has 0 spiro atoms. The number of likely N-dealkylation sites (tertiary alicyclic amines) is 1. The molecule has 1 aliphatic heterocycles. The summed E-state index contributed by atoms with van der Waals surface area (Å²) in [5.74, 6) is -0.160. The molecule has 166 valence electrons. The zero-order valence-corrected chi connectivity index (χ0v) is 19.0. The lowest BCUT2D eigenvalue weighted by Crippen LogP contribution is -2.53. The molecule has 2 amide bonds. The van der Waals surface area contributed by atoms with Gasteiger partial charge in [-0.05, 0) is 53.0 Å². The molecule has 1 aliphatic rings. The molecule has 0 saturated carbocycles. The van der Waals surface area contributed by atoms with E-state index < -0.39 is 17.7 Å². The Morgan fingerprint density at radius 1 is 1.17 bits per heavy atom. The van der Waals surface area contributed by atoms with Gasteiger partial charge in [0.2, 0.25) is 5.91 Å². The minimum atomic E-state index is -0.675. The van der Waals surface area contributed by atoms with Crippen molar-refractivity contribution >= 4 is 12.0 Å². The highest BCUT2D eigenvalue weighted by Crippen LogP contribution is 2.13. The van der Waals surface area contributed by atoms with E-state index in [1.54, 1.807) is 0 Å². The van der Waals surface area contributed by atoms with E-state index in [4.69, 9.17) is 4.74 Å². The molecule has 30 heavy (non-hydrogen) atoms. The molecule has 6 nitrogen and oxygen atoms in total. The number of nitrogens with one attached hydrogen (secondary N) is 2. The van der Waals surface area contributed by atoms with Gasteiger partial charge >= 0.3 is 6.09 Å². The lowest BCUT2D eigenvalue weighted by molar-refractivity contribution is -0.124. The third-order valence-corrected chi connectivity index (χ3v) is 4.98. The minimum Gasteiger partial charge on any atom is -0.444 e. The van der Waals surface area contributed by atoms with Gasteiger partial charge in [-0.3, -0.25) is 9.69 Å². The highest BCUT2D eigenvalue weighted by molar-refractivity contribution is 5.86. The number of nitrogens with zero attached hydrogens (tertiary/aromatic N) is 1. The maximum absolute atomic E-state index is 13.0. The fraction of sp³-hybridized carbons (Fsp3) is 0.583. The molecule has 1 aromatic carbocycles. The highest BCUT2D eigenvalue weighted by Gasteiger charge is 2.27. The normalized spacial score (nSPS) is 16.4. The molecule has 1 atom stereocenters. The maximum Gasteiger partial charge on any atom is 0.408 e. The number of rotatable bonds is 7. The summed E-state index contributed by atoms with van der Waals surface area (Å²) in [4.78, 5) is 27.7. The van der Waals surface area contributed by atoms with Crippen LogP contribution in [0.5, 0.6) is 0 Å². The Kier molecular flexibility index (Phi) is 8.90. The van der Waals surface area contributed by atoms with E-state index in [1.807, 2.05) is 51.1 Å². The van der Waals surface area contributed by atoms with Crippen molar-refractivity contribution in [2.45, 2.75) is 71.6 Å². The van der Waals surface area contributed by atoms with Crippen molar-refractivity contribution in [1.29, 1.82) is 0 Å². The predicted octanol–water partition coefficient (Wildman–Crippen LogP) is 3.67. The molecule has 2 rings (SSSR count). The summed E-state index contributed by atoms with van der Waals surface area (Å²) < 4.78 is 5.36. The molecule has 1 saturated heterocycles. The molecule has 0 aliphatic carbocycles. The average Bonchev–Trinajstić information content (AvgIpc) is 2.66. The number of piperidine rings is 1. The quantitative estimate of drug-likeness (QED) is 0.667. The molecule has 1 fully saturated rings. The van der Waals surface area contributed by atoms with Crippen molar-refractivity contribution in [3.05, 3.63) is 47.5 Å². The Morgan fingerprint density at radius 2 is 1.80 bits per heavy atom. The first-order chi connectivity index (χ1) is 14.1. The fourth-order valence-corrected chi connectivity index (χ4v) is 3.38. The van der Waals surface area contributed by atoms with Gasteiger partial charge in [0.1, 0.15) is 11.6 Å². The summed E-state index contributed by atoms with van der Waals surface area (Å²) in [5.41, 5.74) is 1.70. The van der Waals surface area contributed by atoms with Crippen LogP contribution in [0.15, 0.2) is 42.0 Å². The SMILES string of the molecule is CC(C)=CCN1CCC(NC(=O)C(Cc2ccccc2)NC(=O)OC(C)(C)C)CC1. The van der Waals surface area contributed by atoms with Gasteiger partial charge in [0, 0.05) is 32.1 Å². The van der Waals surface area contributed by atoms with Gasteiger partial charge in [0.15, 0.2) is 0 Å². The van der Waals surface area contributed by atoms with E-state index in [9.17, 15) is 9.59 Å². The van der Waals surface area contributed by atoms with E-state index in [2.05, 4.69) is 35.5 Å². The number of hydrogen-bond donors (Lipinski definition) is 2. The largest absolute Gasteiger partial charge is 0.444 e. The second-order valence-electron chi connectivity index (χ2n) is 9.25. The smallest absolute Gasteiger partial charge is 0.408 e. The lowest BCUT2D eigenvalue weighted by Gasteiger charge is -2.32. The van der Waals surface area contributed by atoms with Crippen LogP contribution in [0.25, 0.3) is 0 Å². The summed E-state index contributed by atoms with van der Waals surface area (Å²) in [5, 5.41) is 5.90. The van der Waals surface area contributed by atoms with Crippen molar-refractivity contribution in [3.63, 3.8) is 0 Å². The Bertz CT molecular complexity index is 713. The molecule has 1 aromatic rings. The first-order valence-corrected chi connectivity index (χ1v) is 10.8. The van der Waals surface area contributed by atoms with Crippen LogP contribution in [0.3, 0.4) is 0 Å². The van der Waals surface area contributed by atoms with Crippen LogP contribution in [0, 0.1) is 0 Å². The summed E-state index contributed by atoms with van der Waals surface area (Å²) in [6, 6.07) is 9.16. The highest BCUT2D eigenvalue weighted by atomic mass is 16.6. The van der Waals surface area contributed by atoms with Gasteiger partial charge in [-0.1, -0.05) is 42.0 Å². The molecule has 1 unspecified atom stereocenters. The third-order valence-electron chi connectivity index (χ3n) is 4.98. The second-order valence-corrected chi connectivity index (χ2v) is 9.25. The van der Waals surface area contributed by atoms with E-state index in [0.717, 1.165) is 38.0 Å². The van der Waals surface area contributed by atoms with Gasteiger partial charge in [0.05, 0.1) is 0 Å². The predicted molar refractivity (Wildman–Crippen MR) is 120 cm³/mol. The zero-order chi connectivity index (χ0) is 22.1. The van der Waals surface area contributed by atoms with E-state index in [-0.39, 0.29) is 11.9 Å². The fourth-order valence-electron chi connectivity index (χ4n) is 3.38. The number of carbonyl (C=O) groups excluding carboxylic acids is 2. The first-order valence-electron chi connectivity index (χ1n) is 10.8. The number of benzene rings is 1. The van der Waals surface area contributed by atoms with Crippen LogP contribution in [0.2, 0.25) is 0 Å². The summed E-state index contributed by atoms with van der Waals surface area (Å²) in [7, 11) is 0. The number of carbonyl (C=O) groups is 2. The van der Waals surface area contributed by atoms with E-state index in [1.165, 1.54) is 5.57 Å². The van der Waals surface area contributed by atoms with Gasteiger partial charge in [-0.15, -0.1) is 0 Å². The number of ether oxygens (including phenoxy) is 1. The summed E-state index contributed by atoms with van der Waals surface area (Å²) in [6.07, 6.45) is 3.90. The molecule has 2 N–H and O–H groups in total. The summed E-state index contributed by atoms with van der Waals surface area (Å²) >= 11 is 0. The van der Waals surface area contributed by atoms with Crippen LogP contribution >= 0.6 is 0 Å². The maximum atomic E-state index is 13.0. The zero-order valence-electron chi connectivity index (χ0n) is 19.0. The second kappa shape index (κ2) is 11.2. The number of alkyl carbamates (subject to hydrolysis) is 1. The Morgan fingerprint density at radius 3 is 2.37 bits per heavy atom. The lowest BCUT2D eigenvalue weighted by atomic mass is 10.0. The van der Waals surface area contributed by atoms with E-state index >= 15 is 0 Å². The standard InChI is InChI=1S/C24H37N3O3/c1-18(2)11-14-27-15-12-20(13-16-27)25-22(28)21(17-19-9-7-6-8-10-19)26-23(29)30-24(3,4)5/h6-11,20-21H,12-17H2,1-5H3,(H,25,28)(H,26,29). The molecule has 1 heterocycles. The Balaban J connectivity index is 1.95. The third kappa shape index (κ3) is 8.99. The topological polar surface area (TPSA) is 70.7 Å². The molecule has 0 bridgehead atoms. The van der Waals surface area contributed by atoms with Crippen molar-refractivity contribution < 1.29 is 14.3 Å².